The van der Waals surface area contributed by atoms with Gasteiger partial charge in [-0.2, -0.15) is 0 Å². The largest absolute Gasteiger partial charge is 0.373 e. The minimum atomic E-state index is -2.70. The molecule has 2 rings (SSSR count). The van der Waals surface area contributed by atoms with Crippen LogP contribution in [0.4, 0.5) is 0 Å². The fraction of sp³-hybridized carbons (Fsp3) is 1.00. The number of ether oxygens (including phenoxy) is 1. The molecule has 58 valence electrons. The Kier molecular flexibility index (Phi) is 1.15. The van der Waals surface area contributed by atoms with E-state index in [2.05, 4.69) is 0 Å². The lowest BCUT2D eigenvalue weighted by atomic mass is 10.1. The highest BCUT2D eigenvalue weighted by atomic mass is 32.2. The van der Waals surface area contributed by atoms with E-state index in [1.54, 1.807) is 0 Å². The predicted octanol–water partition coefficient (Wildman–Crippen LogP) is -0.0360. The lowest BCUT2D eigenvalue weighted by Gasteiger charge is -2.36. The SMILES string of the molecule is O=S1(=O)CC2(CCCO2)C1. The van der Waals surface area contributed by atoms with Gasteiger partial charge < -0.3 is 4.74 Å². The second-order valence-electron chi connectivity index (χ2n) is 3.17. The van der Waals surface area contributed by atoms with Crippen LogP contribution < -0.4 is 0 Å². The van der Waals surface area contributed by atoms with Crippen molar-refractivity contribution in [3.8, 4) is 0 Å². The van der Waals surface area contributed by atoms with Crippen LogP contribution in [0.25, 0.3) is 0 Å². The van der Waals surface area contributed by atoms with Crippen LogP contribution >= 0.6 is 0 Å². The van der Waals surface area contributed by atoms with Gasteiger partial charge in [0.2, 0.25) is 0 Å². The molecular formula is C6H10O3S. The standard InChI is InChI=1S/C6H10O3S/c7-10(8)4-6(5-10)2-1-3-9-6/h1-5H2. The van der Waals surface area contributed by atoms with Crippen LogP contribution in [0.1, 0.15) is 12.8 Å². The first-order valence-electron chi connectivity index (χ1n) is 3.46. The average Bonchev–Trinajstić information content (AvgIpc) is 2.10. The van der Waals surface area contributed by atoms with Gasteiger partial charge in [-0.3, -0.25) is 0 Å². The quantitative estimate of drug-likeness (QED) is 0.502. The molecule has 0 saturated carbocycles. The molecule has 0 radical (unpaired) electrons. The third-order valence-electron chi connectivity index (χ3n) is 2.15. The Balaban J connectivity index is 2.12. The predicted molar refractivity (Wildman–Crippen MR) is 36.6 cm³/mol. The first-order chi connectivity index (χ1) is 4.62. The molecule has 2 aliphatic rings. The van der Waals surface area contributed by atoms with Crippen LogP contribution in [-0.4, -0.2) is 32.1 Å². The molecule has 4 heteroatoms. The van der Waals surface area contributed by atoms with Crippen molar-refractivity contribution in [1.29, 1.82) is 0 Å². The van der Waals surface area contributed by atoms with Gasteiger partial charge in [-0.05, 0) is 12.8 Å². The van der Waals surface area contributed by atoms with Crippen molar-refractivity contribution < 1.29 is 13.2 Å². The molecule has 10 heavy (non-hydrogen) atoms. The summed E-state index contributed by atoms with van der Waals surface area (Å²) < 4.78 is 26.9. The Morgan fingerprint density at radius 3 is 2.40 bits per heavy atom. The van der Waals surface area contributed by atoms with Gasteiger partial charge in [0.15, 0.2) is 9.84 Å². The molecule has 0 aromatic rings. The third-order valence-corrected chi connectivity index (χ3v) is 4.08. The van der Waals surface area contributed by atoms with Gasteiger partial charge >= 0.3 is 0 Å². The van der Waals surface area contributed by atoms with E-state index in [4.69, 9.17) is 4.74 Å². The van der Waals surface area contributed by atoms with Crippen molar-refractivity contribution in [3.05, 3.63) is 0 Å². The monoisotopic (exact) mass is 162 g/mol. The van der Waals surface area contributed by atoms with Gasteiger partial charge in [0.05, 0.1) is 17.1 Å². The highest BCUT2D eigenvalue weighted by Crippen LogP contribution is 2.36. The van der Waals surface area contributed by atoms with Crippen LogP contribution in [0.2, 0.25) is 0 Å². The van der Waals surface area contributed by atoms with E-state index >= 15 is 0 Å². The number of sulfone groups is 1. The zero-order chi connectivity index (χ0) is 7.24. The van der Waals surface area contributed by atoms with E-state index in [1.807, 2.05) is 0 Å². The molecule has 1 spiro atoms. The third kappa shape index (κ3) is 0.864. The number of hydrogen-bond acceptors (Lipinski definition) is 3. The molecule has 3 nitrogen and oxygen atoms in total. The molecule has 0 aromatic heterocycles. The molecule has 0 amide bonds. The molecule has 0 aliphatic carbocycles. The molecule has 2 fully saturated rings. The normalized spacial score (nSPS) is 34.0. The van der Waals surface area contributed by atoms with E-state index in [1.165, 1.54) is 0 Å². The first-order valence-corrected chi connectivity index (χ1v) is 5.29. The Bertz CT molecular complexity index is 222. The van der Waals surface area contributed by atoms with E-state index < -0.39 is 9.84 Å². The summed E-state index contributed by atoms with van der Waals surface area (Å²) in [7, 11) is -2.70. The van der Waals surface area contributed by atoms with Crippen molar-refractivity contribution in [1.82, 2.24) is 0 Å². The minimum Gasteiger partial charge on any atom is -0.373 e. The summed E-state index contributed by atoms with van der Waals surface area (Å²) in [4.78, 5) is 0. The molecule has 2 heterocycles. The Morgan fingerprint density at radius 2 is 2.00 bits per heavy atom. The van der Waals surface area contributed by atoms with Crippen molar-refractivity contribution >= 4 is 9.84 Å². The van der Waals surface area contributed by atoms with Crippen molar-refractivity contribution in [2.24, 2.45) is 0 Å². The Hall–Kier alpha value is -0.0900. The van der Waals surface area contributed by atoms with Crippen LogP contribution in [0.3, 0.4) is 0 Å². The molecule has 0 N–H and O–H groups in total. The summed E-state index contributed by atoms with van der Waals surface area (Å²) in [6, 6.07) is 0. The lowest BCUT2D eigenvalue weighted by Crippen LogP contribution is -2.54. The number of rotatable bonds is 0. The smallest absolute Gasteiger partial charge is 0.156 e. The summed E-state index contributed by atoms with van der Waals surface area (Å²) in [6.07, 6.45) is 1.96. The summed E-state index contributed by atoms with van der Waals surface area (Å²) in [5.74, 6) is 0.528. The minimum absolute atomic E-state index is 0.237. The molecule has 0 bridgehead atoms. The van der Waals surface area contributed by atoms with Crippen molar-refractivity contribution in [2.75, 3.05) is 18.1 Å². The fourth-order valence-corrected chi connectivity index (χ4v) is 3.72. The highest BCUT2D eigenvalue weighted by molar-refractivity contribution is 7.93. The zero-order valence-electron chi connectivity index (χ0n) is 5.67. The van der Waals surface area contributed by atoms with Gasteiger partial charge in [0.1, 0.15) is 0 Å². The molecule has 0 unspecified atom stereocenters. The van der Waals surface area contributed by atoms with E-state index in [9.17, 15) is 8.42 Å². The molecular weight excluding hydrogens is 152 g/mol. The topological polar surface area (TPSA) is 43.4 Å². The summed E-state index contributed by atoms with van der Waals surface area (Å²) in [5.41, 5.74) is -0.237. The van der Waals surface area contributed by atoms with Gasteiger partial charge in [-0.15, -0.1) is 0 Å². The molecule has 0 atom stereocenters. The van der Waals surface area contributed by atoms with Crippen molar-refractivity contribution in [3.63, 3.8) is 0 Å². The fourth-order valence-electron chi connectivity index (χ4n) is 1.74. The van der Waals surface area contributed by atoms with E-state index in [0.717, 1.165) is 19.4 Å². The van der Waals surface area contributed by atoms with Gasteiger partial charge in [0.25, 0.3) is 0 Å². The second kappa shape index (κ2) is 1.74. The van der Waals surface area contributed by atoms with Crippen LogP contribution in [0.5, 0.6) is 0 Å². The maximum absolute atomic E-state index is 10.8. The number of hydrogen-bond donors (Lipinski definition) is 0. The zero-order valence-corrected chi connectivity index (χ0v) is 6.49. The summed E-state index contributed by atoms with van der Waals surface area (Å²) in [5, 5.41) is 0. The Morgan fingerprint density at radius 1 is 1.30 bits per heavy atom. The first kappa shape index (κ1) is 6.61. The molecule has 2 saturated heterocycles. The lowest BCUT2D eigenvalue weighted by molar-refractivity contribution is 0.0299. The molecule has 0 aromatic carbocycles. The summed E-state index contributed by atoms with van der Waals surface area (Å²) in [6.45, 7) is 0.746. The van der Waals surface area contributed by atoms with Crippen LogP contribution in [0, 0.1) is 0 Å². The average molecular weight is 162 g/mol. The van der Waals surface area contributed by atoms with Crippen LogP contribution in [0.15, 0.2) is 0 Å². The van der Waals surface area contributed by atoms with E-state index in [0.29, 0.717) is 0 Å². The molecule has 2 aliphatic heterocycles. The Labute approximate surface area is 60.3 Å². The highest BCUT2D eigenvalue weighted by Gasteiger charge is 2.51. The van der Waals surface area contributed by atoms with Gasteiger partial charge in [0, 0.05) is 6.61 Å². The van der Waals surface area contributed by atoms with Gasteiger partial charge in [-0.1, -0.05) is 0 Å². The summed E-state index contributed by atoms with van der Waals surface area (Å²) >= 11 is 0. The second-order valence-corrected chi connectivity index (χ2v) is 5.23. The van der Waals surface area contributed by atoms with E-state index in [-0.39, 0.29) is 17.1 Å². The van der Waals surface area contributed by atoms with Crippen molar-refractivity contribution in [2.45, 2.75) is 18.4 Å². The maximum atomic E-state index is 10.8. The van der Waals surface area contributed by atoms with Gasteiger partial charge in [-0.25, -0.2) is 8.42 Å². The maximum Gasteiger partial charge on any atom is 0.156 e. The van der Waals surface area contributed by atoms with Crippen LogP contribution in [-0.2, 0) is 14.6 Å².